The lowest BCUT2D eigenvalue weighted by Gasteiger charge is -2.13. The van der Waals surface area contributed by atoms with Crippen LogP contribution in [-0.4, -0.2) is 56.0 Å². The van der Waals surface area contributed by atoms with Gasteiger partial charge in [-0.15, -0.1) is 11.8 Å². The number of aliphatic hydroxyl groups excluding tert-OH is 1. The first kappa shape index (κ1) is 18.5. The molecule has 0 amide bonds. The molecule has 0 aromatic heterocycles. The van der Waals surface area contributed by atoms with Crippen LogP contribution in [0.5, 0.6) is 0 Å². The first-order valence-corrected chi connectivity index (χ1v) is 8.43. The summed E-state index contributed by atoms with van der Waals surface area (Å²) >= 11 is 1.81. The molecule has 1 aromatic rings. The highest BCUT2D eigenvalue weighted by Gasteiger charge is 2.03. The van der Waals surface area contributed by atoms with Crippen LogP contribution in [-0.2, 0) is 9.47 Å². The Hall–Kier alpha value is -0.590. The van der Waals surface area contributed by atoms with Gasteiger partial charge in [-0.1, -0.05) is 18.2 Å². The molecule has 0 saturated carbocycles. The maximum absolute atomic E-state index is 9.74. The maximum Gasteiger partial charge on any atom is 0.0897 e. The lowest BCUT2D eigenvalue weighted by molar-refractivity contribution is -0.00982. The van der Waals surface area contributed by atoms with Gasteiger partial charge in [-0.25, -0.2) is 0 Å². The summed E-state index contributed by atoms with van der Waals surface area (Å²) in [5, 5.41) is 13.0. The highest BCUT2D eigenvalue weighted by molar-refractivity contribution is 7.99. The molecule has 0 saturated heterocycles. The lowest BCUT2D eigenvalue weighted by atomic mass is 10.4. The van der Waals surface area contributed by atoms with Crippen molar-refractivity contribution in [3.05, 3.63) is 30.3 Å². The molecule has 0 aliphatic heterocycles. The lowest BCUT2D eigenvalue weighted by Crippen LogP contribution is -2.32. The topological polar surface area (TPSA) is 50.7 Å². The molecule has 0 spiro atoms. The second kappa shape index (κ2) is 12.0. The predicted octanol–water partition coefficient (Wildman–Crippen LogP) is 2.17. The van der Waals surface area contributed by atoms with Crippen molar-refractivity contribution in [1.82, 2.24) is 5.32 Å². The van der Waals surface area contributed by atoms with E-state index >= 15 is 0 Å². The van der Waals surface area contributed by atoms with E-state index in [1.807, 2.05) is 43.8 Å². The van der Waals surface area contributed by atoms with E-state index in [1.54, 1.807) is 0 Å². The quantitative estimate of drug-likeness (QED) is 0.457. The Morgan fingerprint density at radius 1 is 1.19 bits per heavy atom. The van der Waals surface area contributed by atoms with Crippen LogP contribution in [0.1, 0.15) is 13.8 Å². The summed E-state index contributed by atoms with van der Waals surface area (Å²) in [5.74, 6) is 0.986. The molecule has 4 nitrogen and oxygen atoms in total. The molecule has 2 N–H and O–H groups in total. The van der Waals surface area contributed by atoms with Crippen LogP contribution in [0.4, 0.5) is 0 Å². The van der Waals surface area contributed by atoms with Gasteiger partial charge < -0.3 is 19.9 Å². The van der Waals surface area contributed by atoms with Gasteiger partial charge in [0.15, 0.2) is 0 Å². The monoisotopic (exact) mass is 313 g/mol. The van der Waals surface area contributed by atoms with Gasteiger partial charge in [-0.2, -0.15) is 0 Å². The molecule has 1 unspecified atom stereocenters. The zero-order valence-electron chi connectivity index (χ0n) is 13.0. The van der Waals surface area contributed by atoms with Crippen LogP contribution in [0, 0.1) is 0 Å². The predicted molar refractivity (Wildman–Crippen MR) is 87.9 cm³/mol. The molecule has 0 fully saturated rings. The third-order valence-electron chi connectivity index (χ3n) is 2.66. The average molecular weight is 313 g/mol. The van der Waals surface area contributed by atoms with Gasteiger partial charge in [0.1, 0.15) is 0 Å². The summed E-state index contributed by atoms with van der Waals surface area (Å²) in [6.45, 7) is 6.86. The summed E-state index contributed by atoms with van der Waals surface area (Å²) in [6, 6.07) is 10.3. The van der Waals surface area contributed by atoms with Gasteiger partial charge in [-0.3, -0.25) is 0 Å². The van der Waals surface area contributed by atoms with Crippen LogP contribution in [0.3, 0.4) is 0 Å². The number of ether oxygens (including phenoxy) is 2. The highest BCUT2D eigenvalue weighted by atomic mass is 32.2. The third kappa shape index (κ3) is 10.7. The largest absolute Gasteiger partial charge is 0.389 e. The molecule has 0 heterocycles. The van der Waals surface area contributed by atoms with Crippen LogP contribution in [0.15, 0.2) is 35.2 Å². The van der Waals surface area contributed by atoms with Crippen molar-refractivity contribution < 1.29 is 14.6 Å². The number of aliphatic hydroxyl groups is 1. The van der Waals surface area contributed by atoms with Crippen molar-refractivity contribution in [2.45, 2.75) is 31.0 Å². The van der Waals surface area contributed by atoms with Gasteiger partial charge in [0.05, 0.1) is 32.0 Å². The zero-order chi connectivity index (χ0) is 15.3. The van der Waals surface area contributed by atoms with E-state index in [9.17, 15) is 5.11 Å². The molecule has 5 heteroatoms. The minimum Gasteiger partial charge on any atom is -0.389 e. The molecule has 1 aromatic carbocycles. The average Bonchev–Trinajstić information content (AvgIpc) is 2.47. The van der Waals surface area contributed by atoms with Crippen LogP contribution < -0.4 is 5.32 Å². The molecule has 21 heavy (non-hydrogen) atoms. The van der Waals surface area contributed by atoms with E-state index in [0.717, 1.165) is 12.3 Å². The third-order valence-corrected chi connectivity index (χ3v) is 3.67. The summed E-state index contributed by atoms with van der Waals surface area (Å²) < 4.78 is 10.7. The van der Waals surface area contributed by atoms with Gasteiger partial charge >= 0.3 is 0 Å². The number of hydrogen-bond donors (Lipinski definition) is 2. The van der Waals surface area contributed by atoms with Gasteiger partial charge in [0.2, 0.25) is 0 Å². The maximum atomic E-state index is 9.74. The fraction of sp³-hybridized carbons (Fsp3) is 0.625. The van der Waals surface area contributed by atoms with Crippen LogP contribution in [0.25, 0.3) is 0 Å². The van der Waals surface area contributed by atoms with Crippen molar-refractivity contribution in [3.63, 3.8) is 0 Å². The second-order valence-corrected chi connectivity index (χ2v) is 6.18. The smallest absolute Gasteiger partial charge is 0.0897 e. The summed E-state index contributed by atoms with van der Waals surface area (Å²) in [7, 11) is 0. The molecular weight excluding hydrogens is 286 g/mol. The standard InChI is InChI=1S/C16H27NO3S/c1-14(2)20-10-9-19-13-15(18)12-17-8-11-21-16-6-4-3-5-7-16/h3-7,14-15,17-18H,8-13H2,1-2H3. The van der Waals surface area contributed by atoms with Crippen molar-refractivity contribution in [2.75, 3.05) is 38.7 Å². The van der Waals surface area contributed by atoms with Gasteiger partial charge in [0, 0.05) is 23.7 Å². The Morgan fingerprint density at radius 2 is 1.95 bits per heavy atom. The van der Waals surface area contributed by atoms with E-state index < -0.39 is 6.10 Å². The minimum absolute atomic E-state index is 0.224. The zero-order valence-corrected chi connectivity index (χ0v) is 13.8. The minimum atomic E-state index is -0.467. The van der Waals surface area contributed by atoms with Crippen molar-refractivity contribution in [3.8, 4) is 0 Å². The second-order valence-electron chi connectivity index (χ2n) is 5.01. The van der Waals surface area contributed by atoms with Crippen molar-refractivity contribution in [1.29, 1.82) is 0 Å². The summed E-state index contributed by atoms with van der Waals surface area (Å²) in [4.78, 5) is 1.27. The summed E-state index contributed by atoms with van der Waals surface area (Å²) in [6.07, 6.45) is -0.243. The highest BCUT2D eigenvalue weighted by Crippen LogP contribution is 2.15. The number of thioether (sulfide) groups is 1. The normalized spacial score (nSPS) is 12.8. The van der Waals surface area contributed by atoms with Gasteiger partial charge in [-0.05, 0) is 26.0 Å². The van der Waals surface area contributed by atoms with E-state index in [4.69, 9.17) is 9.47 Å². The Kier molecular flexibility index (Phi) is 10.6. The SMILES string of the molecule is CC(C)OCCOCC(O)CNCCSc1ccccc1. The number of rotatable bonds is 12. The van der Waals surface area contributed by atoms with Crippen LogP contribution in [0.2, 0.25) is 0 Å². The fourth-order valence-electron chi connectivity index (χ4n) is 1.65. The van der Waals surface area contributed by atoms with Crippen molar-refractivity contribution >= 4 is 11.8 Å². The number of hydrogen-bond acceptors (Lipinski definition) is 5. The Labute approximate surface area is 132 Å². The summed E-state index contributed by atoms with van der Waals surface area (Å²) in [5.41, 5.74) is 0. The fourth-order valence-corrected chi connectivity index (χ4v) is 2.48. The van der Waals surface area contributed by atoms with E-state index in [2.05, 4.69) is 17.4 Å². The Bertz CT molecular complexity index is 349. The first-order valence-electron chi connectivity index (χ1n) is 7.44. The number of nitrogens with one attached hydrogen (secondary N) is 1. The van der Waals surface area contributed by atoms with Gasteiger partial charge in [0.25, 0.3) is 0 Å². The Morgan fingerprint density at radius 3 is 2.67 bits per heavy atom. The van der Waals surface area contributed by atoms with Crippen LogP contribution >= 0.6 is 11.8 Å². The van der Waals surface area contributed by atoms with E-state index in [1.165, 1.54) is 4.90 Å². The Balaban J connectivity index is 1.90. The van der Waals surface area contributed by atoms with E-state index in [0.29, 0.717) is 26.4 Å². The molecule has 0 radical (unpaired) electrons. The molecule has 1 rings (SSSR count). The molecule has 0 bridgehead atoms. The number of benzene rings is 1. The molecule has 0 aliphatic rings. The van der Waals surface area contributed by atoms with E-state index in [-0.39, 0.29) is 6.10 Å². The molecule has 120 valence electrons. The molecule has 0 aliphatic carbocycles. The first-order chi connectivity index (χ1) is 10.2. The molecule has 1 atom stereocenters. The molecular formula is C16H27NO3S. The van der Waals surface area contributed by atoms with Crippen molar-refractivity contribution in [2.24, 2.45) is 0 Å².